The largest absolute Gasteiger partial charge is 0.480 e. The van der Waals surface area contributed by atoms with Crippen LogP contribution in [0.15, 0.2) is 24.3 Å². The predicted octanol–water partition coefficient (Wildman–Crippen LogP) is 1.64. The topological polar surface area (TPSA) is 93.4 Å². The number of benzene rings is 1. The third kappa shape index (κ3) is 2.65. The lowest BCUT2D eigenvalue weighted by atomic mass is 10.2. The molecule has 2 N–H and O–H groups in total. The first-order valence-electron chi connectivity index (χ1n) is 5.93. The van der Waals surface area contributed by atoms with Gasteiger partial charge >= 0.3 is 12.0 Å². The number of carboxylic acid groups (broad SMARTS) is 1. The average Bonchev–Trinajstić information content (AvgIpc) is 2.88. The number of hydrogen-bond acceptors (Lipinski definition) is 3. The molecule has 1 aliphatic heterocycles. The molecule has 0 aromatic heterocycles. The molecule has 1 aromatic rings. The quantitative estimate of drug-likeness (QED) is 0.844. The zero-order valence-corrected chi connectivity index (χ0v) is 10.2. The highest BCUT2D eigenvalue weighted by atomic mass is 16.4. The number of aliphatic carboxylic acids is 1. The van der Waals surface area contributed by atoms with Crippen molar-refractivity contribution in [3.63, 3.8) is 0 Å². The highest BCUT2D eigenvalue weighted by molar-refractivity contribution is 5.93. The van der Waals surface area contributed by atoms with Crippen LogP contribution >= 0.6 is 0 Å². The van der Waals surface area contributed by atoms with Gasteiger partial charge in [-0.2, -0.15) is 5.26 Å². The van der Waals surface area contributed by atoms with Crippen LogP contribution in [0.25, 0.3) is 0 Å². The Labute approximate surface area is 110 Å². The summed E-state index contributed by atoms with van der Waals surface area (Å²) in [7, 11) is 0. The zero-order valence-electron chi connectivity index (χ0n) is 10.2. The highest BCUT2D eigenvalue weighted by Gasteiger charge is 2.34. The van der Waals surface area contributed by atoms with Crippen molar-refractivity contribution in [2.75, 3.05) is 11.9 Å². The van der Waals surface area contributed by atoms with Gasteiger partial charge < -0.3 is 15.3 Å². The molecular weight excluding hydrogens is 246 g/mol. The summed E-state index contributed by atoms with van der Waals surface area (Å²) in [5.74, 6) is -0.999. The van der Waals surface area contributed by atoms with Crippen LogP contribution in [0.1, 0.15) is 18.4 Å². The molecule has 0 unspecified atom stereocenters. The molecule has 6 heteroatoms. The van der Waals surface area contributed by atoms with E-state index in [2.05, 4.69) is 5.32 Å². The van der Waals surface area contributed by atoms with Crippen molar-refractivity contribution in [2.24, 2.45) is 0 Å². The average molecular weight is 259 g/mol. The molecule has 19 heavy (non-hydrogen) atoms. The second kappa shape index (κ2) is 5.40. The number of para-hydroxylation sites is 1. The van der Waals surface area contributed by atoms with Crippen LogP contribution in [0.3, 0.4) is 0 Å². The third-order valence-electron chi connectivity index (χ3n) is 3.09. The van der Waals surface area contributed by atoms with E-state index in [1.807, 2.05) is 6.07 Å². The van der Waals surface area contributed by atoms with Crippen molar-refractivity contribution in [1.82, 2.24) is 4.90 Å². The number of hydrogen-bond donors (Lipinski definition) is 2. The van der Waals surface area contributed by atoms with Crippen LogP contribution in [0.2, 0.25) is 0 Å². The molecule has 1 heterocycles. The number of carbonyl (C=O) groups excluding carboxylic acids is 1. The van der Waals surface area contributed by atoms with Gasteiger partial charge in [-0.1, -0.05) is 12.1 Å². The molecule has 0 bridgehead atoms. The Balaban J connectivity index is 2.13. The van der Waals surface area contributed by atoms with Crippen LogP contribution in [-0.4, -0.2) is 34.6 Å². The van der Waals surface area contributed by atoms with Crippen LogP contribution in [0, 0.1) is 11.3 Å². The minimum atomic E-state index is -0.999. The summed E-state index contributed by atoms with van der Waals surface area (Å²) in [5.41, 5.74) is 0.743. The lowest BCUT2D eigenvalue weighted by molar-refractivity contribution is -0.141. The Bertz CT molecular complexity index is 550. The molecule has 1 saturated heterocycles. The van der Waals surface area contributed by atoms with Gasteiger partial charge in [-0.05, 0) is 25.0 Å². The Morgan fingerprint density at radius 2 is 2.16 bits per heavy atom. The minimum absolute atomic E-state index is 0.349. The van der Waals surface area contributed by atoms with Crippen LogP contribution < -0.4 is 5.32 Å². The van der Waals surface area contributed by atoms with Gasteiger partial charge in [0.15, 0.2) is 0 Å². The smallest absolute Gasteiger partial charge is 0.326 e. The maximum atomic E-state index is 12.0. The maximum Gasteiger partial charge on any atom is 0.326 e. The van der Waals surface area contributed by atoms with Gasteiger partial charge in [0, 0.05) is 6.54 Å². The summed E-state index contributed by atoms with van der Waals surface area (Å²) in [6.07, 6.45) is 1.13. The molecule has 1 aliphatic rings. The van der Waals surface area contributed by atoms with Crippen molar-refractivity contribution in [1.29, 1.82) is 5.26 Å². The fraction of sp³-hybridized carbons (Fsp3) is 0.308. The van der Waals surface area contributed by atoms with Crippen molar-refractivity contribution in [3.8, 4) is 6.07 Å². The molecule has 0 saturated carbocycles. The zero-order chi connectivity index (χ0) is 13.8. The summed E-state index contributed by atoms with van der Waals surface area (Å²) >= 11 is 0. The van der Waals surface area contributed by atoms with Crippen LogP contribution in [0.5, 0.6) is 0 Å². The van der Waals surface area contributed by atoms with E-state index >= 15 is 0 Å². The molecular formula is C13H13N3O3. The van der Waals surface area contributed by atoms with Crippen molar-refractivity contribution >= 4 is 17.7 Å². The second-order valence-corrected chi connectivity index (χ2v) is 4.28. The van der Waals surface area contributed by atoms with E-state index in [9.17, 15) is 9.59 Å². The van der Waals surface area contributed by atoms with Gasteiger partial charge in [-0.25, -0.2) is 9.59 Å². The van der Waals surface area contributed by atoms with Crippen LogP contribution in [-0.2, 0) is 4.79 Å². The number of carboxylic acids is 1. The fourth-order valence-electron chi connectivity index (χ4n) is 2.14. The normalized spacial score (nSPS) is 17.8. The molecule has 0 spiro atoms. The Morgan fingerprint density at radius 3 is 2.84 bits per heavy atom. The SMILES string of the molecule is N#Cc1ccccc1NC(=O)N1CCC[C@H]1C(=O)O. The lowest BCUT2D eigenvalue weighted by Crippen LogP contribution is -2.42. The van der Waals surface area contributed by atoms with Crippen molar-refractivity contribution in [3.05, 3.63) is 29.8 Å². The number of nitriles is 1. The Kier molecular flexibility index (Phi) is 3.66. The molecule has 0 radical (unpaired) electrons. The number of urea groups is 1. The third-order valence-corrected chi connectivity index (χ3v) is 3.09. The van der Waals surface area contributed by atoms with Crippen molar-refractivity contribution < 1.29 is 14.7 Å². The van der Waals surface area contributed by atoms with Gasteiger partial charge in [0.1, 0.15) is 12.1 Å². The number of nitrogens with zero attached hydrogens (tertiary/aromatic N) is 2. The molecule has 2 rings (SSSR count). The monoisotopic (exact) mass is 259 g/mol. The molecule has 98 valence electrons. The van der Waals surface area contributed by atoms with E-state index in [0.29, 0.717) is 30.6 Å². The van der Waals surface area contributed by atoms with Gasteiger partial charge in [0.25, 0.3) is 0 Å². The molecule has 0 aliphatic carbocycles. The van der Waals surface area contributed by atoms with Gasteiger partial charge in [-0.3, -0.25) is 0 Å². The fourth-order valence-corrected chi connectivity index (χ4v) is 2.14. The predicted molar refractivity (Wildman–Crippen MR) is 67.5 cm³/mol. The van der Waals surface area contributed by atoms with Crippen molar-refractivity contribution in [2.45, 2.75) is 18.9 Å². The first-order chi connectivity index (χ1) is 9.13. The van der Waals surface area contributed by atoms with E-state index in [4.69, 9.17) is 10.4 Å². The molecule has 1 aromatic carbocycles. The van der Waals surface area contributed by atoms with Crippen LogP contribution in [0.4, 0.5) is 10.5 Å². The van der Waals surface area contributed by atoms with E-state index in [-0.39, 0.29) is 0 Å². The van der Waals surface area contributed by atoms with E-state index in [1.165, 1.54) is 4.90 Å². The number of likely N-dealkylation sites (tertiary alicyclic amines) is 1. The minimum Gasteiger partial charge on any atom is -0.480 e. The first-order valence-corrected chi connectivity index (χ1v) is 5.93. The Hall–Kier alpha value is -2.55. The summed E-state index contributed by atoms with van der Waals surface area (Å²) in [6.45, 7) is 0.414. The van der Waals surface area contributed by atoms with Gasteiger partial charge in [-0.15, -0.1) is 0 Å². The van der Waals surface area contributed by atoms with Gasteiger partial charge in [0.05, 0.1) is 11.3 Å². The molecule has 1 atom stereocenters. The molecule has 2 amide bonds. The lowest BCUT2D eigenvalue weighted by Gasteiger charge is -2.22. The second-order valence-electron chi connectivity index (χ2n) is 4.28. The summed E-state index contributed by atoms with van der Waals surface area (Å²) in [5, 5.41) is 20.5. The van der Waals surface area contributed by atoms with E-state index in [0.717, 1.165) is 0 Å². The Morgan fingerprint density at radius 1 is 1.42 bits per heavy atom. The summed E-state index contributed by atoms with van der Waals surface area (Å²) in [6, 6.07) is 7.32. The molecule has 6 nitrogen and oxygen atoms in total. The number of carbonyl (C=O) groups is 2. The number of rotatable bonds is 2. The standard InChI is InChI=1S/C13H13N3O3/c14-8-9-4-1-2-5-10(9)15-13(19)16-7-3-6-11(16)12(17)18/h1-2,4-5,11H,3,6-7H2,(H,15,19)(H,17,18)/t11-/m0/s1. The summed E-state index contributed by atoms with van der Waals surface area (Å²) in [4.78, 5) is 24.3. The van der Waals surface area contributed by atoms with E-state index < -0.39 is 18.0 Å². The van der Waals surface area contributed by atoms with Gasteiger partial charge in [0.2, 0.25) is 0 Å². The maximum absolute atomic E-state index is 12.0. The molecule has 1 fully saturated rings. The summed E-state index contributed by atoms with van der Waals surface area (Å²) < 4.78 is 0. The number of amides is 2. The van der Waals surface area contributed by atoms with E-state index in [1.54, 1.807) is 24.3 Å². The first kappa shape index (κ1) is 12.9. The number of anilines is 1. The number of nitrogens with one attached hydrogen (secondary N) is 1. The highest BCUT2D eigenvalue weighted by Crippen LogP contribution is 2.20.